The third kappa shape index (κ3) is 3.19. The van der Waals surface area contributed by atoms with E-state index < -0.39 is 0 Å². The number of anilines is 2. The van der Waals surface area contributed by atoms with Crippen LogP contribution in [-0.2, 0) is 0 Å². The molecule has 0 spiro atoms. The summed E-state index contributed by atoms with van der Waals surface area (Å²) >= 11 is 5.84. The second kappa shape index (κ2) is 6.28. The maximum absolute atomic E-state index is 8.76. The number of hydrogen-bond donors (Lipinski definition) is 3. The van der Waals surface area contributed by atoms with E-state index in [0.717, 1.165) is 5.56 Å². The predicted molar refractivity (Wildman–Crippen MR) is 82.6 cm³/mol. The van der Waals surface area contributed by atoms with Crippen LogP contribution in [0.4, 0.5) is 11.8 Å². The van der Waals surface area contributed by atoms with Crippen LogP contribution in [-0.4, -0.2) is 31.2 Å². The zero-order valence-corrected chi connectivity index (χ0v) is 12.3. The summed E-state index contributed by atoms with van der Waals surface area (Å²) in [5.74, 6) is 0.394. The molecule has 2 heterocycles. The summed E-state index contributed by atoms with van der Waals surface area (Å²) in [6.07, 6.45) is 2.85. The molecule has 10 heteroatoms. The molecular weight excluding hydrogens is 322 g/mol. The molecule has 4 N–H and O–H groups in total. The fourth-order valence-electron chi connectivity index (χ4n) is 1.76. The minimum atomic E-state index is -0.196. The summed E-state index contributed by atoms with van der Waals surface area (Å²) < 4.78 is 5.11. The van der Waals surface area contributed by atoms with Crippen LogP contribution < -0.4 is 11.1 Å². The normalized spacial score (nSPS) is 11.4. The second-order valence-corrected chi connectivity index (χ2v) is 4.73. The van der Waals surface area contributed by atoms with E-state index in [-0.39, 0.29) is 23.4 Å². The van der Waals surface area contributed by atoms with E-state index in [1.54, 1.807) is 24.3 Å². The molecule has 23 heavy (non-hydrogen) atoms. The average Bonchev–Trinajstić information content (AvgIpc) is 3.04. The monoisotopic (exact) mass is 331 g/mol. The molecule has 0 saturated carbocycles. The SMILES string of the molecule is NC(=NO)c1nccnc1Nc1nc(-c2ccc(Cl)cc2)no1. The first kappa shape index (κ1) is 14.7. The van der Waals surface area contributed by atoms with Gasteiger partial charge in [0, 0.05) is 23.0 Å². The molecule has 3 rings (SSSR count). The van der Waals surface area contributed by atoms with E-state index in [0.29, 0.717) is 10.8 Å². The Morgan fingerprint density at radius 1 is 1.22 bits per heavy atom. The topological polar surface area (TPSA) is 135 Å². The highest BCUT2D eigenvalue weighted by Crippen LogP contribution is 2.22. The van der Waals surface area contributed by atoms with Gasteiger partial charge in [-0.3, -0.25) is 5.32 Å². The van der Waals surface area contributed by atoms with Gasteiger partial charge in [0.15, 0.2) is 17.3 Å². The second-order valence-electron chi connectivity index (χ2n) is 4.29. The van der Waals surface area contributed by atoms with Gasteiger partial charge in [-0.1, -0.05) is 21.9 Å². The number of rotatable bonds is 4. The van der Waals surface area contributed by atoms with E-state index in [1.807, 2.05) is 0 Å². The summed E-state index contributed by atoms with van der Waals surface area (Å²) in [6.45, 7) is 0. The number of benzene rings is 1. The van der Waals surface area contributed by atoms with Crippen LogP contribution in [0, 0.1) is 0 Å². The lowest BCUT2D eigenvalue weighted by atomic mass is 10.2. The van der Waals surface area contributed by atoms with Crippen LogP contribution in [0.1, 0.15) is 5.69 Å². The summed E-state index contributed by atoms with van der Waals surface area (Å²) in [5.41, 5.74) is 6.43. The number of nitrogens with zero attached hydrogens (tertiary/aromatic N) is 5. The van der Waals surface area contributed by atoms with Gasteiger partial charge in [0.05, 0.1) is 0 Å². The number of halogens is 1. The lowest BCUT2D eigenvalue weighted by molar-refractivity contribution is 0.318. The lowest BCUT2D eigenvalue weighted by Crippen LogP contribution is -2.17. The van der Waals surface area contributed by atoms with Crippen LogP contribution in [0.15, 0.2) is 46.3 Å². The molecule has 116 valence electrons. The van der Waals surface area contributed by atoms with Crippen molar-refractivity contribution in [3.05, 3.63) is 47.4 Å². The molecule has 0 aliphatic carbocycles. The van der Waals surface area contributed by atoms with Gasteiger partial charge < -0.3 is 15.5 Å². The van der Waals surface area contributed by atoms with Crippen molar-refractivity contribution in [2.45, 2.75) is 0 Å². The van der Waals surface area contributed by atoms with Crippen molar-refractivity contribution < 1.29 is 9.73 Å². The standard InChI is InChI=1S/C13H10ClN7O2/c14-8-3-1-7(2-4-8)11-18-13(23-21-11)19-12-9(10(15)20-22)16-5-6-17-12/h1-6,22H,(H2,15,20)(H,17,18,19,21). The number of hydrogen-bond acceptors (Lipinski definition) is 8. The summed E-state index contributed by atoms with van der Waals surface area (Å²) in [5, 5.41) is 18.9. The first-order valence-electron chi connectivity index (χ1n) is 6.33. The van der Waals surface area contributed by atoms with E-state index in [2.05, 4.69) is 30.6 Å². The molecule has 9 nitrogen and oxygen atoms in total. The summed E-state index contributed by atoms with van der Waals surface area (Å²) in [4.78, 5) is 12.2. The Hall–Kier alpha value is -3.20. The molecular formula is C13H10ClN7O2. The maximum Gasteiger partial charge on any atom is 0.327 e. The van der Waals surface area contributed by atoms with Crippen molar-refractivity contribution in [1.29, 1.82) is 0 Å². The molecule has 1 aromatic carbocycles. The third-order valence-corrected chi connectivity index (χ3v) is 3.05. The molecule has 0 saturated heterocycles. The predicted octanol–water partition coefficient (Wildman–Crippen LogP) is 2.02. The van der Waals surface area contributed by atoms with Crippen LogP contribution in [0.5, 0.6) is 0 Å². The highest BCUT2D eigenvalue weighted by molar-refractivity contribution is 6.30. The van der Waals surface area contributed by atoms with Crippen LogP contribution in [0.2, 0.25) is 5.02 Å². The van der Waals surface area contributed by atoms with Crippen molar-refractivity contribution in [1.82, 2.24) is 20.1 Å². The Morgan fingerprint density at radius 3 is 2.70 bits per heavy atom. The summed E-state index contributed by atoms with van der Waals surface area (Å²) in [6, 6.07) is 7.06. The molecule has 2 aromatic heterocycles. The van der Waals surface area contributed by atoms with Crippen molar-refractivity contribution in [2.24, 2.45) is 10.9 Å². The Balaban J connectivity index is 1.87. The number of amidine groups is 1. The average molecular weight is 332 g/mol. The molecule has 0 unspecified atom stereocenters. The van der Waals surface area contributed by atoms with E-state index in [1.165, 1.54) is 12.4 Å². The fraction of sp³-hybridized carbons (Fsp3) is 0. The highest BCUT2D eigenvalue weighted by Gasteiger charge is 2.14. The zero-order valence-electron chi connectivity index (χ0n) is 11.5. The van der Waals surface area contributed by atoms with Crippen molar-refractivity contribution >= 4 is 29.3 Å². The van der Waals surface area contributed by atoms with Gasteiger partial charge in [-0.15, -0.1) is 0 Å². The van der Waals surface area contributed by atoms with Crippen molar-refractivity contribution in [2.75, 3.05) is 5.32 Å². The molecule has 0 aliphatic heterocycles. The molecule has 3 aromatic rings. The van der Waals surface area contributed by atoms with E-state index >= 15 is 0 Å². The quantitative estimate of drug-likeness (QED) is 0.286. The first-order valence-corrected chi connectivity index (χ1v) is 6.71. The fourth-order valence-corrected chi connectivity index (χ4v) is 1.88. The minimum absolute atomic E-state index is 0.0856. The van der Waals surface area contributed by atoms with Crippen molar-refractivity contribution in [3.63, 3.8) is 0 Å². The van der Waals surface area contributed by atoms with E-state index in [4.69, 9.17) is 27.1 Å². The van der Waals surface area contributed by atoms with E-state index in [9.17, 15) is 0 Å². The van der Waals surface area contributed by atoms with Gasteiger partial charge in [-0.2, -0.15) is 4.98 Å². The number of nitrogens with one attached hydrogen (secondary N) is 1. The van der Waals surface area contributed by atoms with Crippen molar-refractivity contribution in [3.8, 4) is 11.4 Å². The molecule has 0 fully saturated rings. The zero-order chi connectivity index (χ0) is 16.2. The molecule has 0 atom stereocenters. The summed E-state index contributed by atoms with van der Waals surface area (Å²) in [7, 11) is 0. The Morgan fingerprint density at radius 2 is 1.96 bits per heavy atom. The number of oxime groups is 1. The first-order chi connectivity index (χ1) is 11.2. The van der Waals surface area contributed by atoms with Crippen LogP contribution >= 0.6 is 11.6 Å². The maximum atomic E-state index is 8.76. The van der Waals surface area contributed by atoms with Gasteiger partial charge in [0.25, 0.3) is 0 Å². The Kier molecular flexibility index (Phi) is 4.02. The van der Waals surface area contributed by atoms with Gasteiger partial charge in [-0.05, 0) is 24.3 Å². The molecule has 0 bridgehead atoms. The number of nitrogens with two attached hydrogens (primary N) is 1. The minimum Gasteiger partial charge on any atom is -0.409 e. The van der Waals surface area contributed by atoms with Gasteiger partial charge >= 0.3 is 6.01 Å². The number of aromatic nitrogens is 4. The Bertz CT molecular complexity index is 848. The molecule has 0 radical (unpaired) electrons. The van der Waals surface area contributed by atoms with Gasteiger partial charge in [0.1, 0.15) is 0 Å². The molecule has 0 amide bonds. The lowest BCUT2D eigenvalue weighted by Gasteiger charge is -2.04. The molecule has 0 aliphatic rings. The van der Waals surface area contributed by atoms with Gasteiger partial charge in [-0.25, -0.2) is 9.97 Å². The smallest absolute Gasteiger partial charge is 0.327 e. The third-order valence-electron chi connectivity index (χ3n) is 2.80. The van der Waals surface area contributed by atoms with Crippen LogP contribution in [0.3, 0.4) is 0 Å². The Labute approximate surface area is 134 Å². The largest absolute Gasteiger partial charge is 0.409 e. The highest BCUT2D eigenvalue weighted by atomic mass is 35.5. The van der Waals surface area contributed by atoms with Crippen LogP contribution in [0.25, 0.3) is 11.4 Å². The van der Waals surface area contributed by atoms with Gasteiger partial charge in [0.2, 0.25) is 5.82 Å².